The molecule has 66 heavy (non-hydrogen) atoms. The number of carbonyl (C=O) groups excluding carboxylic acids is 6. The van der Waals surface area contributed by atoms with Gasteiger partial charge in [0.15, 0.2) is 0 Å². The van der Waals surface area contributed by atoms with Crippen LogP contribution < -0.4 is 25.5 Å². The first kappa shape index (κ1) is 51.8. The van der Waals surface area contributed by atoms with Crippen LogP contribution in [0.15, 0.2) is 109 Å². The number of rotatable bonds is 20. The molecular formula is C48H59N5O12S. The minimum atomic E-state index is -4.37. The van der Waals surface area contributed by atoms with Crippen LogP contribution in [0.3, 0.4) is 0 Å². The number of ether oxygens (including phenoxy) is 3. The number of para-hydroxylation sites is 2. The maximum absolute atomic E-state index is 14.4. The van der Waals surface area contributed by atoms with Crippen LogP contribution in [0.4, 0.5) is 4.79 Å². The number of hydrogen-bond donors (Lipinski definition) is 4. The molecule has 0 radical (unpaired) electrons. The van der Waals surface area contributed by atoms with Crippen molar-refractivity contribution in [3.05, 3.63) is 120 Å². The van der Waals surface area contributed by atoms with Gasteiger partial charge in [-0.3, -0.25) is 29.0 Å². The molecule has 0 saturated carbocycles. The summed E-state index contributed by atoms with van der Waals surface area (Å²) in [7, 11) is -4.37. The van der Waals surface area contributed by atoms with E-state index in [-0.39, 0.29) is 18.8 Å². The summed E-state index contributed by atoms with van der Waals surface area (Å²) in [4.78, 5) is 86.4. The number of fused-ring (bicyclic) bond motifs is 1. The molecule has 4 rings (SSSR count). The van der Waals surface area contributed by atoms with Crippen LogP contribution >= 0.6 is 0 Å². The van der Waals surface area contributed by atoms with E-state index in [1.807, 2.05) is 12.1 Å². The molecule has 0 spiro atoms. The first-order valence-corrected chi connectivity index (χ1v) is 22.8. The van der Waals surface area contributed by atoms with Gasteiger partial charge in [-0.2, -0.15) is 8.42 Å². The Bertz CT molecular complexity index is 2450. The zero-order valence-electron chi connectivity index (χ0n) is 38.4. The molecule has 1 aromatic heterocycles. The Kier molecular flexibility index (Phi) is 18.4. The predicted octanol–water partition coefficient (Wildman–Crippen LogP) is 5.57. The summed E-state index contributed by atoms with van der Waals surface area (Å²) >= 11 is 0. The molecule has 18 heteroatoms. The van der Waals surface area contributed by atoms with Crippen molar-refractivity contribution < 1.29 is 55.6 Å². The molecule has 0 aliphatic rings. The Morgan fingerprint density at radius 3 is 1.85 bits per heavy atom. The second-order valence-corrected chi connectivity index (χ2v) is 19.1. The molecule has 0 aliphatic carbocycles. The minimum absolute atomic E-state index is 0.0351. The molecule has 0 aliphatic heterocycles. The average Bonchev–Trinajstić information content (AvgIpc) is 3.22. The molecular weight excluding hydrogens is 871 g/mol. The highest BCUT2D eigenvalue weighted by Gasteiger charge is 2.34. The summed E-state index contributed by atoms with van der Waals surface area (Å²) in [6.07, 6.45) is -1.30. The van der Waals surface area contributed by atoms with E-state index in [0.29, 0.717) is 22.2 Å². The van der Waals surface area contributed by atoms with Gasteiger partial charge in [0.05, 0.1) is 29.8 Å². The molecule has 4 atom stereocenters. The average molecular weight is 930 g/mol. The fourth-order valence-corrected chi connectivity index (χ4v) is 7.02. The fraction of sp³-hybridized carbons (Fsp3) is 0.396. The Labute approximate surface area is 385 Å². The second-order valence-electron chi connectivity index (χ2n) is 17.7. The van der Waals surface area contributed by atoms with Crippen molar-refractivity contribution >= 4 is 56.8 Å². The van der Waals surface area contributed by atoms with E-state index in [9.17, 15) is 37.2 Å². The highest BCUT2D eigenvalue weighted by molar-refractivity contribution is 7.90. The third-order valence-corrected chi connectivity index (χ3v) is 10.0. The van der Waals surface area contributed by atoms with E-state index in [1.54, 1.807) is 128 Å². The Hall–Kier alpha value is -6.82. The van der Waals surface area contributed by atoms with E-state index in [0.717, 1.165) is 11.5 Å². The van der Waals surface area contributed by atoms with Crippen LogP contribution in [0.1, 0.15) is 79.5 Å². The van der Waals surface area contributed by atoms with Gasteiger partial charge >= 0.3 is 28.1 Å². The van der Waals surface area contributed by atoms with Crippen LogP contribution in [-0.4, -0.2) is 84.5 Å². The molecule has 4 N–H and O–H groups in total. The van der Waals surface area contributed by atoms with Gasteiger partial charge in [-0.15, -0.1) is 0 Å². The maximum atomic E-state index is 14.4. The number of aromatic nitrogens is 1. The molecule has 4 amide bonds. The predicted molar refractivity (Wildman–Crippen MR) is 246 cm³/mol. The third-order valence-electron chi connectivity index (χ3n) is 9.13. The number of amides is 4. The van der Waals surface area contributed by atoms with E-state index in [4.69, 9.17) is 18.4 Å². The van der Waals surface area contributed by atoms with Gasteiger partial charge in [0.1, 0.15) is 41.7 Å². The zero-order chi connectivity index (χ0) is 48.7. The van der Waals surface area contributed by atoms with Gasteiger partial charge in [-0.25, -0.2) is 4.79 Å². The Morgan fingerprint density at radius 2 is 1.23 bits per heavy atom. The van der Waals surface area contributed by atoms with E-state index < -0.39 is 100 Å². The highest BCUT2D eigenvalue weighted by Crippen LogP contribution is 2.17. The molecule has 0 saturated heterocycles. The monoisotopic (exact) mass is 929 g/mol. The van der Waals surface area contributed by atoms with Gasteiger partial charge < -0.3 is 39.7 Å². The van der Waals surface area contributed by atoms with Gasteiger partial charge in [-0.05, 0) is 83.4 Å². The standard InChI is InChI=1S/C48H59N5O12S/c1-31(2)42(45(58)50-35(28-40(54)63-47(3,4)5)25-26-66(60,61)65-36-20-13-10-14-21-36)53-44(57)38(27-34-24-23-33-19-15-16-22-37(33)49-34)51-43(56)39(29-41(55)64-48(6,7)8)52-46(59)62-30-32-17-11-9-12-18-32/h9-26,31,35,38-39,42H,27-30H2,1-8H3,(H,50,58)(H,51,56)(H,52,59)(H,53,57)/b26-25+/t35-,38+,39+,42+/m1/s1. The lowest BCUT2D eigenvalue weighted by Gasteiger charge is -2.28. The van der Waals surface area contributed by atoms with Crippen LogP contribution in [0.2, 0.25) is 0 Å². The van der Waals surface area contributed by atoms with Crippen LogP contribution in [0.25, 0.3) is 10.9 Å². The third kappa shape index (κ3) is 18.3. The molecule has 1 heterocycles. The lowest BCUT2D eigenvalue weighted by Crippen LogP contribution is -2.59. The quantitative estimate of drug-likeness (QED) is 0.0483. The van der Waals surface area contributed by atoms with E-state index in [2.05, 4.69) is 26.3 Å². The zero-order valence-corrected chi connectivity index (χ0v) is 39.2. The summed E-state index contributed by atoms with van der Waals surface area (Å²) < 4.78 is 47.2. The van der Waals surface area contributed by atoms with Crippen molar-refractivity contribution in [3.8, 4) is 5.75 Å². The highest BCUT2D eigenvalue weighted by atomic mass is 32.2. The van der Waals surface area contributed by atoms with Crippen molar-refractivity contribution in [2.75, 3.05) is 0 Å². The fourth-order valence-electron chi connectivity index (χ4n) is 6.20. The number of pyridine rings is 1. The molecule has 3 aromatic carbocycles. The molecule has 0 unspecified atom stereocenters. The lowest BCUT2D eigenvalue weighted by atomic mass is 10.0. The maximum Gasteiger partial charge on any atom is 0.408 e. The first-order chi connectivity index (χ1) is 30.9. The normalized spacial score (nSPS) is 13.7. The number of nitrogens with zero attached hydrogens (tertiary/aromatic N) is 1. The number of carbonyl (C=O) groups is 6. The Morgan fingerprint density at radius 1 is 0.652 bits per heavy atom. The number of alkyl carbamates (subject to hydrolysis) is 1. The number of nitrogens with one attached hydrogen (secondary N) is 4. The lowest BCUT2D eigenvalue weighted by molar-refractivity contribution is -0.157. The van der Waals surface area contributed by atoms with Crippen molar-refractivity contribution in [1.82, 2.24) is 26.3 Å². The topological polar surface area (TPSA) is 234 Å². The summed E-state index contributed by atoms with van der Waals surface area (Å²) in [5, 5.41) is 11.9. The summed E-state index contributed by atoms with van der Waals surface area (Å²) in [6, 6.07) is 21.6. The van der Waals surface area contributed by atoms with Crippen LogP contribution in [0, 0.1) is 5.92 Å². The van der Waals surface area contributed by atoms with E-state index in [1.165, 1.54) is 12.1 Å². The van der Waals surface area contributed by atoms with Crippen LogP contribution in [-0.2, 0) is 61.3 Å². The van der Waals surface area contributed by atoms with E-state index >= 15 is 0 Å². The van der Waals surface area contributed by atoms with Crippen molar-refractivity contribution in [3.63, 3.8) is 0 Å². The van der Waals surface area contributed by atoms with Gasteiger partial charge in [0.25, 0.3) is 0 Å². The molecule has 0 bridgehead atoms. The summed E-state index contributed by atoms with van der Waals surface area (Å²) in [6.45, 7) is 13.0. The first-order valence-electron chi connectivity index (χ1n) is 21.3. The van der Waals surface area contributed by atoms with Gasteiger partial charge in [0, 0.05) is 17.5 Å². The largest absolute Gasteiger partial charge is 0.460 e. The SMILES string of the molecule is CC(C)[C@H](NC(=O)[C@H](Cc1ccc2ccccc2n1)NC(=O)[C@H](CC(=O)OC(C)(C)C)NC(=O)OCc1ccccc1)C(=O)N[C@H](/C=C/S(=O)(=O)Oc1ccccc1)CC(=O)OC(C)(C)C. The molecule has 17 nitrogen and oxygen atoms in total. The molecule has 354 valence electrons. The van der Waals surface area contributed by atoms with Gasteiger partial charge in [-0.1, -0.05) is 86.6 Å². The molecule has 0 fully saturated rings. The van der Waals surface area contributed by atoms with Crippen molar-refractivity contribution in [2.24, 2.45) is 5.92 Å². The minimum Gasteiger partial charge on any atom is -0.460 e. The Balaban J connectivity index is 1.62. The molecule has 4 aromatic rings. The number of benzene rings is 3. The summed E-state index contributed by atoms with van der Waals surface area (Å²) in [5.74, 6) is -4.77. The number of hydrogen-bond acceptors (Lipinski definition) is 13. The van der Waals surface area contributed by atoms with Crippen molar-refractivity contribution in [1.29, 1.82) is 0 Å². The van der Waals surface area contributed by atoms with Gasteiger partial charge in [0.2, 0.25) is 17.7 Å². The van der Waals surface area contributed by atoms with Crippen molar-refractivity contribution in [2.45, 2.75) is 117 Å². The second kappa shape index (κ2) is 23.4. The summed E-state index contributed by atoms with van der Waals surface area (Å²) in [5.41, 5.74) is -0.200. The van der Waals surface area contributed by atoms with Crippen LogP contribution in [0.5, 0.6) is 5.75 Å². The smallest absolute Gasteiger partial charge is 0.408 e. The number of esters is 2.